The minimum atomic E-state index is -1.58. The van der Waals surface area contributed by atoms with Crippen molar-refractivity contribution in [2.45, 2.75) is 153 Å². The van der Waals surface area contributed by atoms with Crippen LogP contribution in [-0.4, -0.2) is 91.3 Å². The Morgan fingerprint density at radius 2 is 1.53 bits per heavy atom. The molecule has 0 unspecified atom stereocenters. The van der Waals surface area contributed by atoms with Crippen LogP contribution in [0.2, 0.25) is 0 Å². The first-order chi connectivity index (χ1) is 26.4. The monoisotopic (exact) mass is 832 g/mol. The van der Waals surface area contributed by atoms with Gasteiger partial charge >= 0.3 is 0 Å². The van der Waals surface area contributed by atoms with Crippen LogP contribution >= 0.6 is 15.9 Å². The lowest BCUT2D eigenvalue weighted by Gasteiger charge is -2.46. The SMILES string of the molecule is C=C(Br)[C@@H](O)C[C@H](OCc1ccc(OC)cc1)[C@H](C)/C=C(\C)C[C@@H](O)[C@@]1(OC)O[C@@H](C[C@@H]2CC[C@@H]([C@H](CCCC)OCc3ccc(OC)cc3)O2)CC[C@H]1O. The molecular weight excluding hydrogens is 768 g/mol. The Balaban J connectivity index is 1.36. The minimum absolute atomic E-state index is 0.00533. The molecule has 0 saturated carbocycles. The van der Waals surface area contributed by atoms with Crippen LogP contribution in [-0.2, 0) is 36.9 Å². The largest absolute Gasteiger partial charge is 0.497 e. The van der Waals surface area contributed by atoms with E-state index in [1.165, 1.54) is 7.11 Å². The smallest absolute Gasteiger partial charge is 0.221 e. The molecule has 2 aromatic carbocycles. The highest BCUT2D eigenvalue weighted by Gasteiger charge is 2.51. The van der Waals surface area contributed by atoms with Gasteiger partial charge in [0, 0.05) is 23.9 Å². The average molecular weight is 834 g/mol. The Labute approximate surface area is 337 Å². The molecular formula is C44H65BrO10. The van der Waals surface area contributed by atoms with Crippen LogP contribution in [0, 0.1) is 5.92 Å². The van der Waals surface area contributed by atoms with Crippen LogP contribution in [0.3, 0.4) is 0 Å². The second kappa shape index (κ2) is 22.6. The topological polar surface area (TPSA) is 125 Å². The third-order valence-electron chi connectivity index (χ3n) is 11.0. The summed E-state index contributed by atoms with van der Waals surface area (Å²) in [7, 11) is 4.77. The second-order valence-corrected chi connectivity index (χ2v) is 16.2. The van der Waals surface area contributed by atoms with E-state index in [-0.39, 0.29) is 42.9 Å². The van der Waals surface area contributed by atoms with E-state index >= 15 is 0 Å². The standard InChI is InChI=1S/C44H65BrO10/c1-8-9-10-39(52-27-32-11-15-34(49-5)16-12-32)40-21-19-36(54-40)25-37-20-22-42(47)44(51-7,55-37)43(48)24-29(2)23-30(3)41(26-38(46)31(4)45)53-28-33-13-17-35(50-6)18-14-33/h11-18,23,30,36-43,46-48H,4,8-10,19-22,24-28H2,1-3,5-7H3/b29-23+/t30-,36+,37-,38+,39+,40+,41+,42-,43-,44+/m1/s1. The normalized spacial score (nSPS) is 25.9. The lowest BCUT2D eigenvalue weighted by molar-refractivity contribution is -0.348. The number of ether oxygens (including phenoxy) is 7. The fraction of sp³-hybridized carbons (Fsp3) is 0.636. The quantitative estimate of drug-likeness (QED) is 0.0945. The molecule has 0 bridgehead atoms. The van der Waals surface area contributed by atoms with Crippen molar-refractivity contribution in [1.29, 1.82) is 0 Å². The first-order valence-corrected chi connectivity index (χ1v) is 20.6. The molecule has 2 saturated heterocycles. The fourth-order valence-electron chi connectivity index (χ4n) is 7.69. The first-order valence-electron chi connectivity index (χ1n) is 19.8. The van der Waals surface area contributed by atoms with E-state index in [2.05, 4.69) is 29.4 Å². The lowest BCUT2D eigenvalue weighted by atomic mass is 9.88. The van der Waals surface area contributed by atoms with Crippen LogP contribution in [0.25, 0.3) is 0 Å². The van der Waals surface area contributed by atoms with Gasteiger partial charge in [0.25, 0.3) is 0 Å². The number of aliphatic hydroxyl groups is 3. The molecule has 0 radical (unpaired) electrons. The summed E-state index contributed by atoms with van der Waals surface area (Å²) in [6.45, 7) is 10.9. The summed E-state index contributed by atoms with van der Waals surface area (Å²) in [5.74, 6) is -0.117. The molecule has 2 fully saturated rings. The van der Waals surface area contributed by atoms with Gasteiger partial charge in [0.2, 0.25) is 5.79 Å². The first kappa shape index (κ1) is 45.4. The zero-order valence-electron chi connectivity index (χ0n) is 33.7. The molecule has 2 aliphatic rings. The summed E-state index contributed by atoms with van der Waals surface area (Å²) in [6, 6.07) is 15.6. The predicted molar refractivity (Wildman–Crippen MR) is 217 cm³/mol. The molecule has 11 heteroatoms. The fourth-order valence-corrected chi connectivity index (χ4v) is 7.88. The van der Waals surface area contributed by atoms with Crippen molar-refractivity contribution in [1.82, 2.24) is 0 Å². The summed E-state index contributed by atoms with van der Waals surface area (Å²) in [5, 5.41) is 33.6. The number of hydrogen-bond acceptors (Lipinski definition) is 10. The molecule has 10 atom stereocenters. The summed E-state index contributed by atoms with van der Waals surface area (Å²) >= 11 is 3.31. The predicted octanol–water partition coefficient (Wildman–Crippen LogP) is 8.18. The highest BCUT2D eigenvalue weighted by Crippen LogP contribution is 2.39. The number of unbranched alkanes of at least 4 members (excludes halogenated alkanes) is 1. The van der Waals surface area contributed by atoms with Gasteiger partial charge in [-0.05, 0) is 87.3 Å². The van der Waals surface area contributed by atoms with Crippen LogP contribution in [0.5, 0.6) is 11.5 Å². The van der Waals surface area contributed by atoms with Gasteiger partial charge in [-0.2, -0.15) is 0 Å². The van der Waals surface area contributed by atoms with E-state index < -0.39 is 24.1 Å². The van der Waals surface area contributed by atoms with E-state index in [9.17, 15) is 15.3 Å². The Hall–Kier alpha value is -2.32. The van der Waals surface area contributed by atoms with Gasteiger partial charge < -0.3 is 48.5 Å². The van der Waals surface area contributed by atoms with Crippen LogP contribution in [0.1, 0.15) is 96.1 Å². The number of rotatable bonds is 23. The summed E-state index contributed by atoms with van der Waals surface area (Å²) < 4.78 is 42.9. The molecule has 3 N–H and O–H groups in total. The zero-order chi connectivity index (χ0) is 40.0. The van der Waals surface area contributed by atoms with Gasteiger partial charge in [-0.15, -0.1) is 0 Å². The molecule has 0 aromatic heterocycles. The van der Waals surface area contributed by atoms with Crippen LogP contribution < -0.4 is 9.47 Å². The molecule has 2 heterocycles. The molecule has 308 valence electrons. The van der Waals surface area contributed by atoms with Crippen molar-refractivity contribution in [2.24, 2.45) is 5.92 Å². The molecule has 4 rings (SSSR count). The van der Waals surface area contributed by atoms with Gasteiger partial charge in [0.1, 0.15) is 23.7 Å². The number of aliphatic hydroxyl groups excluding tert-OH is 3. The Morgan fingerprint density at radius 3 is 2.09 bits per heavy atom. The maximum absolute atomic E-state index is 11.7. The van der Waals surface area contributed by atoms with Crippen molar-refractivity contribution < 1.29 is 48.5 Å². The summed E-state index contributed by atoms with van der Waals surface area (Å²) in [6.07, 6.45) is 5.61. The van der Waals surface area contributed by atoms with Crippen LogP contribution in [0.4, 0.5) is 0 Å². The molecule has 0 spiro atoms. The van der Waals surface area contributed by atoms with Crippen molar-refractivity contribution in [3.05, 3.63) is 82.4 Å². The Kier molecular flexibility index (Phi) is 18.6. The Morgan fingerprint density at radius 1 is 0.927 bits per heavy atom. The van der Waals surface area contributed by atoms with Crippen LogP contribution in [0.15, 0.2) is 71.2 Å². The molecule has 0 aliphatic carbocycles. The minimum Gasteiger partial charge on any atom is -0.497 e. The number of benzene rings is 2. The molecule has 0 amide bonds. The highest BCUT2D eigenvalue weighted by molar-refractivity contribution is 9.11. The summed E-state index contributed by atoms with van der Waals surface area (Å²) in [5.41, 5.74) is 2.96. The number of halogens is 1. The van der Waals surface area contributed by atoms with Gasteiger partial charge in [-0.1, -0.05) is 85.1 Å². The highest BCUT2D eigenvalue weighted by atomic mass is 79.9. The van der Waals surface area contributed by atoms with Gasteiger partial charge in [-0.25, -0.2) is 0 Å². The average Bonchev–Trinajstić information content (AvgIpc) is 3.65. The molecule has 2 aliphatic heterocycles. The van der Waals surface area contributed by atoms with Gasteiger partial charge in [0.15, 0.2) is 0 Å². The van der Waals surface area contributed by atoms with Crippen molar-refractivity contribution in [2.75, 3.05) is 21.3 Å². The molecule has 2 aromatic rings. The van der Waals surface area contributed by atoms with Gasteiger partial charge in [-0.3, -0.25) is 0 Å². The van der Waals surface area contributed by atoms with Crippen molar-refractivity contribution in [3.8, 4) is 11.5 Å². The van der Waals surface area contributed by atoms with E-state index in [0.717, 1.165) is 60.3 Å². The maximum atomic E-state index is 11.7. The zero-order valence-corrected chi connectivity index (χ0v) is 35.2. The second-order valence-electron chi connectivity index (χ2n) is 15.2. The van der Waals surface area contributed by atoms with Crippen molar-refractivity contribution >= 4 is 15.9 Å². The van der Waals surface area contributed by atoms with Crippen molar-refractivity contribution in [3.63, 3.8) is 0 Å². The Bertz CT molecular complexity index is 1450. The maximum Gasteiger partial charge on any atom is 0.221 e. The third-order valence-corrected chi connectivity index (χ3v) is 11.5. The van der Waals surface area contributed by atoms with E-state index in [1.807, 2.05) is 68.5 Å². The van der Waals surface area contributed by atoms with E-state index in [0.29, 0.717) is 43.4 Å². The summed E-state index contributed by atoms with van der Waals surface area (Å²) in [4.78, 5) is 0. The van der Waals surface area contributed by atoms with E-state index in [4.69, 9.17) is 33.2 Å². The molecule has 10 nitrogen and oxygen atoms in total. The number of methoxy groups -OCH3 is 3. The number of hydrogen-bond donors (Lipinski definition) is 3. The lowest BCUT2D eigenvalue weighted by Crippen LogP contribution is -2.60. The third kappa shape index (κ3) is 13.4. The van der Waals surface area contributed by atoms with Gasteiger partial charge in [0.05, 0.1) is 64.1 Å². The molecule has 55 heavy (non-hydrogen) atoms. The van der Waals surface area contributed by atoms with E-state index in [1.54, 1.807) is 14.2 Å².